The molecule has 1 aliphatic rings. The van der Waals surface area contributed by atoms with Crippen LogP contribution in [0, 0.1) is 6.92 Å². The van der Waals surface area contributed by atoms with Crippen LogP contribution in [0.4, 0.5) is 11.5 Å². The van der Waals surface area contributed by atoms with Crippen molar-refractivity contribution in [2.75, 3.05) is 11.9 Å². The van der Waals surface area contributed by atoms with Crippen LogP contribution in [0.1, 0.15) is 28.9 Å². The molecule has 2 heterocycles. The van der Waals surface area contributed by atoms with E-state index >= 15 is 0 Å². The Hall–Kier alpha value is -3.09. The summed E-state index contributed by atoms with van der Waals surface area (Å²) in [7, 11) is 0. The lowest BCUT2D eigenvalue weighted by Gasteiger charge is -2.13. The van der Waals surface area contributed by atoms with Crippen molar-refractivity contribution < 1.29 is 9.59 Å². The van der Waals surface area contributed by atoms with Gasteiger partial charge >= 0.3 is 0 Å². The highest BCUT2D eigenvalue weighted by atomic mass is 16.2. The molecule has 2 N–H and O–H groups in total. The number of carbonyl (C=O) groups excluding carboxylic acids is 2. The smallest absolute Gasteiger partial charge is 0.274 e. The maximum Gasteiger partial charge on any atom is 0.274 e. The van der Waals surface area contributed by atoms with Crippen LogP contribution in [0.25, 0.3) is 0 Å². The molecule has 1 fully saturated rings. The number of nitrogens with zero attached hydrogens (tertiary/aromatic N) is 3. The Balaban J connectivity index is 1.72. The summed E-state index contributed by atoms with van der Waals surface area (Å²) in [4.78, 5) is 35.9. The summed E-state index contributed by atoms with van der Waals surface area (Å²) in [6, 6.07) is 9.04. The Labute approximate surface area is 139 Å². The highest BCUT2D eigenvalue weighted by molar-refractivity contribution is 6.03. The third kappa shape index (κ3) is 4.01. The topological polar surface area (TPSA) is 96.3 Å². The van der Waals surface area contributed by atoms with Gasteiger partial charge in [0, 0.05) is 23.9 Å². The van der Waals surface area contributed by atoms with Crippen molar-refractivity contribution in [3.05, 3.63) is 47.9 Å². The van der Waals surface area contributed by atoms with Crippen LogP contribution in [0.15, 0.2) is 41.7 Å². The van der Waals surface area contributed by atoms with Gasteiger partial charge in [-0.05, 0) is 25.5 Å². The molecule has 0 aliphatic carbocycles. The Bertz CT molecular complexity index is 787. The standard InChI is InChI=1S/C17H17N5O2/c1-11-2-4-12(5-3-11)22-17(24)14-8-15(20-10-19-14)21-13-6-7-16(23)18-9-13/h2-5,8,10H,6-7,9H2,1H3,(H,18,23)(H,22,24). The normalized spacial score (nSPS) is 15.9. The van der Waals surface area contributed by atoms with E-state index in [1.807, 2.05) is 31.2 Å². The SMILES string of the molecule is Cc1ccc(NC(=O)c2cc(N=C3CCC(=O)NC3)ncn2)cc1. The second kappa shape index (κ2) is 6.99. The van der Waals surface area contributed by atoms with Gasteiger partial charge in [0.05, 0.1) is 6.54 Å². The molecule has 24 heavy (non-hydrogen) atoms. The van der Waals surface area contributed by atoms with Gasteiger partial charge in [-0.1, -0.05) is 17.7 Å². The summed E-state index contributed by atoms with van der Waals surface area (Å²) < 4.78 is 0. The molecular formula is C17H17N5O2. The first-order valence-electron chi connectivity index (χ1n) is 7.63. The van der Waals surface area contributed by atoms with E-state index in [1.165, 1.54) is 12.4 Å². The average Bonchev–Trinajstić information content (AvgIpc) is 2.59. The first kappa shape index (κ1) is 15.8. The van der Waals surface area contributed by atoms with Gasteiger partial charge in [-0.3, -0.25) is 9.59 Å². The number of anilines is 1. The van der Waals surface area contributed by atoms with Crippen LogP contribution in [-0.2, 0) is 4.79 Å². The van der Waals surface area contributed by atoms with Crippen molar-refractivity contribution in [1.82, 2.24) is 15.3 Å². The van der Waals surface area contributed by atoms with Crippen molar-refractivity contribution in [2.45, 2.75) is 19.8 Å². The predicted octanol–water partition coefficient (Wildman–Crippen LogP) is 2.02. The Kier molecular flexibility index (Phi) is 4.60. The number of rotatable bonds is 3. The summed E-state index contributed by atoms with van der Waals surface area (Å²) >= 11 is 0. The maximum atomic E-state index is 12.3. The van der Waals surface area contributed by atoms with E-state index in [0.29, 0.717) is 30.9 Å². The van der Waals surface area contributed by atoms with Crippen molar-refractivity contribution >= 4 is 29.0 Å². The van der Waals surface area contributed by atoms with E-state index in [9.17, 15) is 9.59 Å². The number of carbonyl (C=O) groups is 2. The van der Waals surface area contributed by atoms with Crippen LogP contribution >= 0.6 is 0 Å². The van der Waals surface area contributed by atoms with E-state index in [1.54, 1.807) is 0 Å². The Morgan fingerprint density at radius 2 is 2.00 bits per heavy atom. The number of benzene rings is 1. The maximum absolute atomic E-state index is 12.3. The molecule has 2 amide bonds. The predicted molar refractivity (Wildman–Crippen MR) is 90.5 cm³/mol. The monoisotopic (exact) mass is 323 g/mol. The molecule has 0 bridgehead atoms. The fraction of sp³-hybridized carbons (Fsp3) is 0.235. The lowest BCUT2D eigenvalue weighted by Crippen LogP contribution is -2.34. The van der Waals surface area contributed by atoms with Gasteiger partial charge < -0.3 is 10.6 Å². The summed E-state index contributed by atoms with van der Waals surface area (Å²) in [5.41, 5.74) is 2.89. The van der Waals surface area contributed by atoms with Crippen LogP contribution < -0.4 is 10.6 Å². The number of aromatic nitrogens is 2. The molecular weight excluding hydrogens is 306 g/mol. The van der Waals surface area contributed by atoms with Crippen molar-refractivity contribution in [1.29, 1.82) is 0 Å². The van der Waals surface area contributed by atoms with Crippen LogP contribution in [0.5, 0.6) is 0 Å². The van der Waals surface area contributed by atoms with E-state index in [0.717, 1.165) is 11.3 Å². The number of nitrogens with one attached hydrogen (secondary N) is 2. The highest BCUT2D eigenvalue weighted by Gasteiger charge is 2.14. The highest BCUT2D eigenvalue weighted by Crippen LogP contribution is 2.14. The quantitative estimate of drug-likeness (QED) is 0.903. The van der Waals surface area contributed by atoms with Gasteiger partial charge in [-0.2, -0.15) is 0 Å². The van der Waals surface area contributed by atoms with Crippen molar-refractivity contribution in [3.63, 3.8) is 0 Å². The molecule has 0 unspecified atom stereocenters. The summed E-state index contributed by atoms with van der Waals surface area (Å²) in [5, 5.41) is 5.52. The molecule has 3 rings (SSSR count). The van der Waals surface area contributed by atoms with Crippen LogP contribution in [0.3, 0.4) is 0 Å². The van der Waals surface area contributed by atoms with Crippen LogP contribution in [-0.4, -0.2) is 34.0 Å². The van der Waals surface area contributed by atoms with Crippen molar-refractivity contribution in [2.24, 2.45) is 4.99 Å². The molecule has 0 saturated carbocycles. The zero-order valence-electron chi connectivity index (χ0n) is 13.2. The zero-order chi connectivity index (χ0) is 16.9. The molecule has 7 nitrogen and oxygen atoms in total. The van der Waals surface area contributed by atoms with Crippen molar-refractivity contribution in [3.8, 4) is 0 Å². The Morgan fingerprint density at radius 3 is 2.71 bits per heavy atom. The molecule has 1 aromatic heterocycles. The molecule has 7 heteroatoms. The molecule has 1 aromatic carbocycles. The number of piperidine rings is 1. The lowest BCUT2D eigenvalue weighted by atomic mass is 10.1. The first-order chi connectivity index (χ1) is 11.6. The van der Waals surface area contributed by atoms with Crippen LogP contribution in [0.2, 0.25) is 0 Å². The molecule has 0 atom stereocenters. The zero-order valence-corrected chi connectivity index (χ0v) is 13.2. The van der Waals surface area contributed by atoms with Gasteiger partial charge in [0.1, 0.15) is 12.0 Å². The largest absolute Gasteiger partial charge is 0.351 e. The van der Waals surface area contributed by atoms with Gasteiger partial charge in [0.2, 0.25) is 5.91 Å². The van der Waals surface area contributed by atoms with Gasteiger partial charge in [0.15, 0.2) is 5.82 Å². The second-order valence-corrected chi connectivity index (χ2v) is 5.54. The molecule has 122 valence electrons. The lowest BCUT2D eigenvalue weighted by molar-refractivity contribution is -0.121. The summed E-state index contributed by atoms with van der Waals surface area (Å²) in [6.07, 6.45) is 2.33. The number of hydrogen-bond donors (Lipinski definition) is 2. The molecule has 1 saturated heterocycles. The third-order valence-electron chi connectivity index (χ3n) is 3.60. The fourth-order valence-electron chi connectivity index (χ4n) is 2.26. The number of aliphatic imine (C=N–C) groups is 1. The fourth-order valence-corrected chi connectivity index (χ4v) is 2.26. The number of aryl methyl sites for hydroxylation is 1. The van der Waals surface area contributed by atoms with E-state index in [-0.39, 0.29) is 17.5 Å². The van der Waals surface area contributed by atoms with Gasteiger partial charge in [0.25, 0.3) is 5.91 Å². The average molecular weight is 323 g/mol. The van der Waals surface area contributed by atoms with E-state index in [4.69, 9.17) is 0 Å². The van der Waals surface area contributed by atoms with Gasteiger partial charge in [-0.25, -0.2) is 15.0 Å². The third-order valence-corrected chi connectivity index (χ3v) is 3.60. The molecule has 0 radical (unpaired) electrons. The Morgan fingerprint density at radius 1 is 1.21 bits per heavy atom. The molecule has 2 aromatic rings. The summed E-state index contributed by atoms with van der Waals surface area (Å²) in [6.45, 7) is 2.39. The second-order valence-electron chi connectivity index (χ2n) is 5.54. The van der Waals surface area contributed by atoms with E-state index in [2.05, 4.69) is 25.6 Å². The van der Waals surface area contributed by atoms with E-state index < -0.39 is 0 Å². The minimum absolute atomic E-state index is 0.0230. The first-order valence-corrected chi connectivity index (χ1v) is 7.63. The summed E-state index contributed by atoms with van der Waals surface area (Å²) in [5.74, 6) is 0.111. The molecule has 0 spiro atoms. The minimum Gasteiger partial charge on any atom is -0.351 e. The van der Waals surface area contributed by atoms with Gasteiger partial charge in [-0.15, -0.1) is 0 Å². The number of hydrogen-bond acceptors (Lipinski definition) is 5. The molecule has 1 aliphatic heterocycles. The minimum atomic E-state index is -0.320. The number of amides is 2.